The van der Waals surface area contributed by atoms with Gasteiger partial charge in [-0.1, -0.05) is 20.3 Å². The fraction of sp³-hybridized carbons (Fsp3) is 0.733. The SMILES string of the molecule is Cc1nc(C2CCC2)nc(C)c1CNCC(C)C. The predicted octanol–water partition coefficient (Wildman–Crippen LogP) is 3.11. The van der Waals surface area contributed by atoms with Crippen molar-refractivity contribution in [3.8, 4) is 0 Å². The molecule has 1 N–H and O–H groups in total. The fourth-order valence-electron chi connectivity index (χ4n) is 2.36. The average molecular weight is 247 g/mol. The van der Waals surface area contributed by atoms with Gasteiger partial charge >= 0.3 is 0 Å². The minimum absolute atomic E-state index is 0.625. The Kier molecular flexibility index (Phi) is 4.33. The van der Waals surface area contributed by atoms with E-state index in [0.717, 1.165) is 30.3 Å². The minimum atomic E-state index is 0.625. The van der Waals surface area contributed by atoms with Crippen molar-refractivity contribution < 1.29 is 0 Å². The lowest BCUT2D eigenvalue weighted by Crippen LogP contribution is -2.22. The highest BCUT2D eigenvalue weighted by atomic mass is 14.9. The summed E-state index contributed by atoms with van der Waals surface area (Å²) in [4.78, 5) is 9.41. The van der Waals surface area contributed by atoms with E-state index < -0.39 is 0 Å². The molecule has 1 aromatic heterocycles. The summed E-state index contributed by atoms with van der Waals surface area (Å²) in [5.41, 5.74) is 3.58. The minimum Gasteiger partial charge on any atom is -0.312 e. The molecule has 0 aromatic carbocycles. The van der Waals surface area contributed by atoms with Crippen LogP contribution >= 0.6 is 0 Å². The van der Waals surface area contributed by atoms with Gasteiger partial charge in [0.1, 0.15) is 5.82 Å². The molecule has 18 heavy (non-hydrogen) atoms. The van der Waals surface area contributed by atoms with Crippen LogP contribution in [0, 0.1) is 19.8 Å². The Morgan fingerprint density at radius 2 is 1.78 bits per heavy atom. The van der Waals surface area contributed by atoms with Crippen LogP contribution in [0.5, 0.6) is 0 Å². The van der Waals surface area contributed by atoms with Gasteiger partial charge in [-0.3, -0.25) is 0 Å². The van der Waals surface area contributed by atoms with E-state index in [1.807, 2.05) is 0 Å². The van der Waals surface area contributed by atoms with Crippen LogP contribution in [0.3, 0.4) is 0 Å². The van der Waals surface area contributed by atoms with Gasteiger partial charge in [-0.25, -0.2) is 9.97 Å². The quantitative estimate of drug-likeness (QED) is 0.868. The number of hydrogen-bond donors (Lipinski definition) is 1. The van der Waals surface area contributed by atoms with Crippen LogP contribution in [0.15, 0.2) is 0 Å². The third-order valence-corrected chi connectivity index (χ3v) is 3.76. The number of rotatable bonds is 5. The van der Waals surface area contributed by atoms with Gasteiger partial charge in [-0.15, -0.1) is 0 Å². The lowest BCUT2D eigenvalue weighted by Gasteiger charge is -2.25. The Labute approximate surface area is 110 Å². The predicted molar refractivity (Wildman–Crippen MR) is 74.6 cm³/mol. The van der Waals surface area contributed by atoms with Gasteiger partial charge in [0.2, 0.25) is 0 Å². The molecule has 0 saturated heterocycles. The van der Waals surface area contributed by atoms with Crippen LogP contribution in [0.25, 0.3) is 0 Å². The van der Waals surface area contributed by atoms with Crippen molar-refractivity contribution in [1.29, 1.82) is 0 Å². The molecule has 1 aromatic rings. The van der Waals surface area contributed by atoms with Crippen LogP contribution in [0.4, 0.5) is 0 Å². The van der Waals surface area contributed by atoms with Gasteiger partial charge < -0.3 is 5.32 Å². The van der Waals surface area contributed by atoms with E-state index in [9.17, 15) is 0 Å². The van der Waals surface area contributed by atoms with Crippen molar-refractivity contribution in [2.24, 2.45) is 5.92 Å². The molecule has 0 amide bonds. The molecule has 1 aliphatic carbocycles. The Morgan fingerprint density at radius 1 is 1.17 bits per heavy atom. The van der Waals surface area contributed by atoms with Crippen molar-refractivity contribution in [1.82, 2.24) is 15.3 Å². The normalized spacial score (nSPS) is 16.1. The van der Waals surface area contributed by atoms with E-state index in [4.69, 9.17) is 9.97 Å². The molecule has 100 valence electrons. The second-order valence-electron chi connectivity index (χ2n) is 5.88. The van der Waals surface area contributed by atoms with E-state index in [1.54, 1.807) is 0 Å². The van der Waals surface area contributed by atoms with Crippen LogP contribution in [-0.2, 0) is 6.54 Å². The summed E-state index contributed by atoms with van der Waals surface area (Å²) in [6.45, 7) is 10.6. The molecule has 0 aliphatic heterocycles. The van der Waals surface area contributed by atoms with Crippen molar-refractivity contribution >= 4 is 0 Å². The van der Waals surface area contributed by atoms with Gasteiger partial charge in [0.15, 0.2) is 0 Å². The molecular formula is C15H25N3. The molecule has 0 bridgehead atoms. The third kappa shape index (κ3) is 3.08. The molecule has 0 atom stereocenters. The molecule has 1 aliphatic rings. The molecule has 0 radical (unpaired) electrons. The van der Waals surface area contributed by atoms with Gasteiger partial charge in [0.05, 0.1) is 0 Å². The zero-order chi connectivity index (χ0) is 13.1. The summed E-state index contributed by atoms with van der Waals surface area (Å²) < 4.78 is 0. The molecular weight excluding hydrogens is 222 g/mol. The number of nitrogens with one attached hydrogen (secondary N) is 1. The molecule has 3 heteroatoms. The molecule has 1 fully saturated rings. The highest BCUT2D eigenvalue weighted by Gasteiger charge is 2.23. The number of aryl methyl sites for hydroxylation is 2. The maximum Gasteiger partial charge on any atom is 0.131 e. The first-order valence-corrected chi connectivity index (χ1v) is 7.12. The first-order valence-electron chi connectivity index (χ1n) is 7.12. The standard InChI is InChI=1S/C15H25N3/c1-10(2)8-16-9-14-11(3)17-15(18-12(14)4)13-6-5-7-13/h10,13,16H,5-9H2,1-4H3. The topological polar surface area (TPSA) is 37.8 Å². The number of aromatic nitrogens is 2. The van der Waals surface area contributed by atoms with E-state index >= 15 is 0 Å². The Hall–Kier alpha value is -0.960. The summed E-state index contributed by atoms with van der Waals surface area (Å²) in [6.07, 6.45) is 3.87. The smallest absolute Gasteiger partial charge is 0.131 e. The average Bonchev–Trinajstić information content (AvgIpc) is 2.19. The molecule has 2 rings (SSSR count). The van der Waals surface area contributed by atoms with E-state index in [-0.39, 0.29) is 0 Å². The summed E-state index contributed by atoms with van der Waals surface area (Å²) in [7, 11) is 0. The van der Waals surface area contributed by atoms with Crippen LogP contribution in [-0.4, -0.2) is 16.5 Å². The van der Waals surface area contributed by atoms with Crippen LogP contribution in [0.2, 0.25) is 0 Å². The molecule has 0 unspecified atom stereocenters. The summed E-state index contributed by atoms with van der Waals surface area (Å²) >= 11 is 0. The Balaban J connectivity index is 2.06. The van der Waals surface area contributed by atoms with Crippen molar-refractivity contribution in [3.63, 3.8) is 0 Å². The molecule has 0 spiro atoms. The third-order valence-electron chi connectivity index (χ3n) is 3.76. The van der Waals surface area contributed by atoms with Gasteiger partial charge in [-0.2, -0.15) is 0 Å². The first kappa shape index (κ1) is 13.5. The molecule has 1 heterocycles. The molecule has 1 saturated carbocycles. The van der Waals surface area contributed by atoms with Gasteiger partial charge in [0.25, 0.3) is 0 Å². The Morgan fingerprint density at radius 3 is 2.22 bits per heavy atom. The van der Waals surface area contributed by atoms with Crippen molar-refractivity contribution in [3.05, 3.63) is 22.8 Å². The van der Waals surface area contributed by atoms with Crippen molar-refractivity contribution in [2.45, 2.75) is 59.4 Å². The van der Waals surface area contributed by atoms with Crippen LogP contribution in [0.1, 0.15) is 61.8 Å². The molecule has 3 nitrogen and oxygen atoms in total. The van der Waals surface area contributed by atoms with Gasteiger partial charge in [0, 0.05) is 29.4 Å². The summed E-state index contributed by atoms with van der Waals surface area (Å²) in [5.74, 6) is 2.38. The number of hydrogen-bond acceptors (Lipinski definition) is 3. The lowest BCUT2D eigenvalue weighted by molar-refractivity contribution is 0.399. The second kappa shape index (κ2) is 5.79. The van der Waals surface area contributed by atoms with E-state index in [2.05, 4.69) is 33.0 Å². The first-order chi connectivity index (χ1) is 8.58. The fourth-order valence-corrected chi connectivity index (χ4v) is 2.36. The lowest BCUT2D eigenvalue weighted by atomic mass is 9.84. The van der Waals surface area contributed by atoms with E-state index in [0.29, 0.717) is 11.8 Å². The van der Waals surface area contributed by atoms with Crippen molar-refractivity contribution in [2.75, 3.05) is 6.54 Å². The highest BCUT2D eigenvalue weighted by molar-refractivity contribution is 5.25. The largest absolute Gasteiger partial charge is 0.312 e. The monoisotopic (exact) mass is 247 g/mol. The zero-order valence-corrected chi connectivity index (χ0v) is 12.1. The maximum absolute atomic E-state index is 4.70. The van der Waals surface area contributed by atoms with Gasteiger partial charge in [-0.05, 0) is 39.2 Å². The van der Waals surface area contributed by atoms with E-state index in [1.165, 1.54) is 24.8 Å². The Bertz CT molecular complexity index is 385. The second-order valence-corrected chi connectivity index (χ2v) is 5.88. The summed E-state index contributed by atoms with van der Waals surface area (Å²) in [6, 6.07) is 0. The number of nitrogens with zero attached hydrogens (tertiary/aromatic N) is 2. The summed E-state index contributed by atoms with van der Waals surface area (Å²) in [5, 5.41) is 3.48. The van der Waals surface area contributed by atoms with Crippen LogP contribution < -0.4 is 5.32 Å². The maximum atomic E-state index is 4.70. The zero-order valence-electron chi connectivity index (χ0n) is 12.1. The highest BCUT2D eigenvalue weighted by Crippen LogP contribution is 2.34.